The van der Waals surface area contributed by atoms with Gasteiger partial charge in [-0.05, 0) is 30.5 Å². The van der Waals surface area contributed by atoms with Crippen molar-refractivity contribution < 1.29 is 34.7 Å². The second-order valence-corrected chi connectivity index (χ2v) is 11.7. The molecule has 7 atom stereocenters. The van der Waals surface area contributed by atoms with Gasteiger partial charge in [0.25, 0.3) is 0 Å². The number of carbonyl (C=O) groups excluding carboxylic acids is 1. The summed E-state index contributed by atoms with van der Waals surface area (Å²) in [6, 6.07) is 7.71. The van der Waals surface area contributed by atoms with Crippen molar-refractivity contribution in [3.63, 3.8) is 0 Å². The van der Waals surface area contributed by atoms with Gasteiger partial charge in [-0.1, -0.05) is 59.6 Å². The molecule has 2 heterocycles. The van der Waals surface area contributed by atoms with Gasteiger partial charge < -0.3 is 29.9 Å². The number of benzene rings is 1. The molecule has 1 saturated carbocycles. The molecule has 5 N–H and O–H groups in total. The summed E-state index contributed by atoms with van der Waals surface area (Å²) in [5.74, 6) is -0.467. The first-order valence-electron chi connectivity index (χ1n) is 13.7. The van der Waals surface area contributed by atoms with E-state index in [2.05, 4.69) is 25.7 Å². The van der Waals surface area contributed by atoms with Crippen molar-refractivity contribution in [3.8, 4) is 0 Å². The molecule has 224 valence electrons. The number of ether oxygens (including phenoxy) is 2. The van der Waals surface area contributed by atoms with Crippen LogP contribution in [0.5, 0.6) is 0 Å². The first-order chi connectivity index (χ1) is 19.8. The predicted molar refractivity (Wildman–Crippen MR) is 147 cm³/mol. The lowest BCUT2D eigenvalue weighted by atomic mass is 9.87. The number of aliphatic hydroxyl groups excluding tert-OH is 4. The van der Waals surface area contributed by atoms with Crippen LogP contribution in [-0.2, 0) is 20.8 Å². The Morgan fingerprint density at radius 3 is 2.71 bits per heavy atom. The molecular weight excluding hydrogens is 554 g/mol. The van der Waals surface area contributed by atoms with Crippen LogP contribution in [0.15, 0.2) is 46.5 Å². The van der Waals surface area contributed by atoms with E-state index in [1.54, 1.807) is 36.5 Å². The van der Waals surface area contributed by atoms with E-state index in [9.17, 15) is 25.2 Å². The Kier molecular flexibility index (Phi) is 11.0. The number of azide groups is 1. The van der Waals surface area contributed by atoms with Gasteiger partial charge in [0, 0.05) is 28.3 Å². The Balaban J connectivity index is 1.55. The van der Waals surface area contributed by atoms with E-state index in [1.807, 2.05) is 0 Å². The fourth-order valence-corrected chi connectivity index (χ4v) is 6.66. The number of methoxy groups -OCH3 is 1. The van der Waals surface area contributed by atoms with E-state index >= 15 is 0 Å². The molecule has 1 aliphatic carbocycles. The molecule has 1 aromatic carbocycles. The highest BCUT2D eigenvalue weighted by Crippen LogP contribution is 2.44. The fraction of sp³-hybridized carbons (Fsp3) is 0.654. The van der Waals surface area contributed by atoms with Gasteiger partial charge in [0.2, 0.25) is 4.93 Å². The number of hydrogen-bond acceptors (Lipinski definition) is 12. The minimum Gasteiger partial charge on any atom is -0.466 e. The Morgan fingerprint density at radius 1 is 1.29 bits per heavy atom. The Labute approximate surface area is 241 Å². The van der Waals surface area contributed by atoms with Crippen molar-refractivity contribution in [2.45, 2.75) is 97.5 Å². The van der Waals surface area contributed by atoms with E-state index in [1.165, 1.54) is 18.2 Å². The topological polar surface area (TPSA) is 208 Å². The van der Waals surface area contributed by atoms with Gasteiger partial charge >= 0.3 is 5.97 Å². The van der Waals surface area contributed by atoms with Crippen LogP contribution in [0.3, 0.4) is 0 Å². The molecule has 4 rings (SSSR count). The third kappa shape index (κ3) is 7.76. The predicted octanol–water partition coefficient (Wildman–Crippen LogP) is 1.45. The molecule has 1 aliphatic heterocycles. The molecule has 1 saturated heterocycles. The third-order valence-corrected chi connectivity index (χ3v) is 8.75. The monoisotopic (exact) mass is 591 g/mol. The number of nitrogens with zero attached hydrogens (tertiary/aromatic N) is 6. The van der Waals surface area contributed by atoms with E-state index < -0.39 is 54.1 Å². The van der Waals surface area contributed by atoms with Crippen LogP contribution in [0.4, 0.5) is 0 Å². The highest BCUT2D eigenvalue weighted by molar-refractivity contribution is 8.01. The summed E-state index contributed by atoms with van der Waals surface area (Å²) >= 11 is 0.995. The SMILES string of the molecule is COC(=O)[C@@]1(Sc2ccccc2)CC(O)[C@@H](NC(O)Cn2cc(C3CCCCC3)nn2)C([C@H](O)[C@H](O)CN=[N+]=[N-])O1. The standard InChI is InChI=1S/C26H37N7O7S/c1-39-25(38)26(41-17-10-6-3-7-11-17)12-19(34)22(24(40-26)23(37)20(35)13-28-31-27)29-21(36)15-33-14-18(30-32-33)16-8-4-2-5-9-16/h3,6-7,10-11,14,16,19-24,29,34-37H,2,4-5,8-9,12-13,15H2,1H3/t19?,20-,21?,22-,23-,24?,26+/m1/s1. The molecule has 15 heteroatoms. The van der Waals surface area contributed by atoms with E-state index in [0.29, 0.717) is 10.8 Å². The van der Waals surface area contributed by atoms with Crippen LogP contribution in [0.2, 0.25) is 0 Å². The largest absolute Gasteiger partial charge is 0.466 e. The minimum absolute atomic E-state index is 0.0199. The van der Waals surface area contributed by atoms with Crippen LogP contribution in [0.1, 0.15) is 50.1 Å². The molecule has 14 nitrogen and oxygen atoms in total. The summed E-state index contributed by atoms with van der Waals surface area (Å²) in [7, 11) is 1.18. The molecule has 0 spiro atoms. The molecule has 2 fully saturated rings. The summed E-state index contributed by atoms with van der Waals surface area (Å²) in [6.45, 7) is -0.503. The Bertz CT molecular complexity index is 1180. The van der Waals surface area contributed by atoms with Crippen molar-refractivity contribution in [1.29, 1.82) is 0 Å². The molecule has 0 bridgehead atoms. The Morgan fingerprint density at radius 2 is 2.02 bits per heavy atom. The number of rotatable bonds is 12. The maximum absolute atomic E-state index is 13.1. The highest BCUT2D eigenvalue weighted by Gasteiger charge is 2.55. The fourth-order valence-electron chi connectivity index (χ4n) is 5.41. The molecule has 0 radical (unpaired) electrons. The first kappa shape index (κ1) is 31.2. The number of hydrogen-bond donors (Lipinski definition) is 5. The zero-order valence-electron chi connectivity index (χ0n) is 22.8. The van der Waals surface area contributed by atoms with Crippen molar-refractivity contribution in [1.82, 2.24) is 20.3 Å². The van der Waals surface area contributed by atoms with Gasteiger partial charge in [-0.25, -0.2) is 9.48 Å². The van der Waals surface area contributed by atoms with Gasteiger partial charge in [0.1, 0.15) is 18.4 Å². The summed E-state index contributed by atoms with van der Waals surface area (Å²) < 4.78 is 12.7. The second-order valence-electron chi connectivity index (χ2n) is 10.4. The lowest BCUT2D eigenvalue weighted by Gasteiger charge is -2.47. The normalized spacial score (nSPS) is 27.4. The smallest absolute Gasteiger partial charge is 0.349 e. The number of nitrogens with one attached hydrogen (secondary N) is 1. The summed E-state index contributed by atoms with van der Waals surface area (Å²) in [5.41, 5.74) is 9.54. The average molecular weight is 592 g/mol. The molecule has 0 amide bonds. The number of carbonyl (C=O) groups is 1. The lowest BCUT2D eigenvalue weighted by molar-refractivity contribution is -0.207. The van der Waals surface area contributed by atoms with Gasteiger partial charge in [-0.3, -0.25) is 5.32 Å². The zero-order chi connectivity index (χ0) is 29.4. The zero-order valence-corrected chi connectivity index (χ0v) is 23.6. The summed E-state index contributed by atoms with van der Waals surface area (Å²) in [4.78, 5) is 14.5. The van der Waals surface area contributed by atoms with E-state index in [-0.39, 0.29) is 13.0 Å². The quantitative estimate of drug-likeness (QED) is 0.0784. The molecule has 1 aromatic heterocycles. The molecule has 2 aromatic rings. The minimum atomic E-state index is -1.79. The van der Waals surface area contributed by atoms with Crippen LogP contribution < -0.4 is 5.32 Å². The lowest BCUT2D eigenvalue weighted by Crippen LogP contribution is -2.67. The second kappa shape index (κ2) is 14.4. The number of aliphatic hydroxyl groups is 4. The van der Waals surface area contributed by atoms with Crippen LogP contribution in [0.25, 0.3) is 10.4 Å². The van der Waals surface area contributed by atoms with Crippen LogP contribution in [-0.4, -0.2) is 96.7 Å². The molecule has 3 unspecified atom stereocenters. The highest BCUT2D eigenvalue weighted by atomic mass is 32.2. The maximum Gasteiger partial charge on any atom is 0.349 e. The van der Waals surface area contributed by atoms with Crippen molar-refractivity contribution in [2.75, 3.05) is 13.7 Å². The molecule has 41 heavy (non-hydrogen) atoms. The number of esters is 1. The third-order valence-electron chi connectivity index (χ3n) is 7.48. The average Bonchev–Trinajstić information content (AvgIpc) is 3.45. The van der Waals surface area contributed by atoms with Gasteiger partial charge in [-0.15, -0.1) is 5.10 Å². The van der Waals surface area contributed by atoms with E-state index in [0.717, 1.165) is 43.1 Å². The van der Waals surface area contributed by atoms with Crippen LogP contribution in [0, 0.1) is 0 Å². The van der Waals surface area contributed by atoms with Crippen molar-refractivity contribution in [2.24, 2.45) is 5.11 Å². The number of thioether (sulfide) groups is 1. The first-order valence-corrected chi connectivity index (χ1v) is 14.5. The van der Waals surface area contributed by atoms with Gasteiger partial charge in [0.15, 0.2) is 0 Å². The Hall–Kier alpha value is -2.75. The van der Waals surface area contributed by atoms with Gasteiger partial charge in [0.05, 0.1) is 44.1 Å². The van der Waals surface area contributed by atoms with Crippen molar-refractivity contribution in [3.05, 3.63) is 52.7 Å². The van der Waals surface area contributed by atoms with Crippen LogP contribution >= 0.6 is 11.8 Å². The molecule has 2 aliphatic rings. The molecular formula is C26H37N7O7S. The van der Waals surface area contributed by atoms with Crippen molar-refractivity contribution >= 4 is 17.7 Å². The van der Waals surface area contributed by atoms with E-state index in [4.69, 9.17) is 15.0 Å². The summed E-state index contributed by atoms with van der Waals surface area (Å²) in [5, 5.41) is 58.4. The van der Waals surface area contributed by atoms with Gasteiger partial charge in [-0.2, -0.15) is 0 Å². The summed E-state index contributed by atoms with van der Waals surface area (Å²) in [6.07, 6.45) is -0.207. The maximum atomic E-state index is 13.1. The number of aromatic nitrogens is 3.